The molecule has 100 valence electrons. The fourth-order valence-electron chi connectivity index (χ4n) is 1.85. The highest BCUT2D eigenvalue weighted by atomic mass is 35.5. The molecule has 0 spiro atoms. The molecule has 6 heteroatoms. The summed E-state index contributed by atoms with van der Waals surface area (Å²) in [5.74, 6) is 0.710. The summed E-state index contributed by atoms with van der Waals surface area (Å²) >= 11 is 5.92. The normalized spacial score (nSPS) is 18.3. The lowest BCUT2D eigenvalue weighted by Gasteiger charge is -2.13. The monoisotopic (exact) mass is 290 g/mol. The number of amides is 1. The van der Waals surface area contributed by atoms with Gasteiger partial charge in [0.25, 0.3) is 0 Å². The highest BCUT2D eigenvalue weighted by Gasteiger charge is 2.25. The van der Waals surface area contributed by atoms with E-state index in [1.165, 1.54) is 0 Å². The average Bonchev–Trinajstić information content (AvgIpc) is 2.60. The van der Waals surface area contributed by atoms with Crippen LogP contribution in [0.2, 0.25) is 5.02 Å². The molecule has 2 unspecified atom stereocenters. The largest absolute Gasteiger partial charge is 0.491 e. The Kier molecular flexibility index (Phi) is 5.26. The number of nitrogens with one attached hydrogen (secondary N) is 1. The summed E-state index contributed by atoms with van der Waals surface area (Å²) in [5, 5.41) is 3.53. The van der Waals surface area contributed by atoms with E-state index < -0.39 is 0 Å². The smallest absolute Gasteiger partial charge is 0.222 e. The van der Waals surface area contributed by atoms with Crippen LogP contribution in [0.4, 0.5) is 0 Å². The number of fused-ring (bicyclic) bond motifs is 1. The highest BCUT2D eigenvalue weighted by Crippen LogP contribution is 2.34. The zero-order valence-corrected chi connectivity index (χ0v) is 11.6. The Labute approximate surface area is 117 Å². The molecular weight excluding hydrogens is 275 g/mol. The second kappa shape index (κ2) is 6.27. The highest BCUT2D eigenvalue weighted by molar-refractivity contribution is 6.30. The number of halogens is 2. The Balaban J connectivity index is 0.00000162. The van der Waals surface area contributed by atoms with Crippen molar-refractivity contribution in [2.75, 3.05) is 6.61 Å². The van der Waals surface area contributed by atoms with E-state index in [0.29, 0.717) is 18.1 Å². The van der Waals surface area contributed by atoms with Crippen LogP contribution < -0.4 is 15.8 Å². The van der Waals surface area contributed by atoms with E-state index in [-0.39, 0.29) is 30.4 Å². The van der Waals surface area contributed by atoms with Crippen molar-refractivity contribution in [2.45, 2.75) is 25.4 Å². The van der Waals surface area contributed by atoms with Crippen LogP contribution in [0.3, 0.4) is 0 Å². The van der Waals surface area contributed by atoms with Gasteiger partial charge in [-0.1, -0.05) is 11.6 Å². The molecule has 1 aliphatic heterocycles. The van der Waals surface area contributed by atoms with E-state index in [2.05, 4.69) is 5.32 Å². The van der Waals surface area contributed by atoms with Crippen molar-refractivity contribution in [2.24, 2.45) is 5.73 Å². The summed E-state index contributed by atoms with van der Waals surface area (Å²) in [5.41, 5.74) is 6.50. The van der Waals surface area contributed by atoms with Crippen molar-refractivity contribution in [3.63, 3.8) is 0 Å². The summed E-state index contributed by atoms with van der Waals surface area (Å²) < 4.78 is 5.47. The lowest BCUT2D eigenvalue weighted by molar-refractivity contribution is -0.122. The first-order valence-corrected chi connectivity index (χ1v) is 5.91. The molecule has 0 aliphatic carbocycles. The second-order valence-corrected chi connectivity index (χ2v) is 4.73. The Morgan fingerprint density at radius 1 is 1.67 bits per heavy atom. The van der Waals surface area contributed by atoms with Gasteiger partial charge in [-0.25, -0.2) is 0 Å². The fourth-order valence-corrected chi connectivity index (χ4v) is 2.03. The molecule has 2 rings (SSSR count). The molecule has 0 saturated heterocycles. The molecule has 18 heavy (non-hydrogen) atoms. The SMILES string of the molecule is CC(N)CC(=O)NC1COc2ccc(Cl)cc21.Cl. The molecule has 1 aromatic rings. The minimum absolute atomic E-state index is 0. The number of nitrogens with two attached hydrogens (primary N) is 1. The van der Waals surface area contributed by atoms with E-state index in [1.54, 1.807) is 13.0 Å². The van der Waals surface area contributed by atoms with Crippen LogP contribution in [0.15, 0.2) is 18.2 Å². The quantitative estimate of drug-likeness (QED) is 0.895. The summed E-state index contributed by atoms with van der Waals surface area (Å²) in [6.07, 6.45) is 0.312. The molecule has 0 saturated carbocycles. The van der Waals surface area contributed by atoms with Crippen molar-refractivity contribution >= 4 is 29.9 Å². The maximum absolute atomic E-state index is 11.6. The summed E-state index contributed by atoms with van der Waals surface area (Å²) in [4.78, 5) is 11.6. The van der Waals surface area contributed by atoms with Gasteiger partial charge >= 0.3 is 0 Å². The van der Waals surface area contributed by atoms with E-state index in [9.17, 15) is 4.79 Å². The first-order valence-electron chi connectivity index (χ1n) is 5.53. The zero-order chi connectivity index (χ0) is 12.4. The molecule has 1 heterocycles. The molecule has 1 amide bonds. The third-order valence-corrected chi connectivity index (χ3v) is 2.83. The van der Waals surface area contributed by atoms with E-state index in [0.717, 1.165) is 11.3 Å². The summed E-state index contributed by atoms with van der Waals surface area (Å²) in [6, 6.07) is 5.13. The number of rotatable bonds is 3. The number of hydrogen-bond donors (Lipinski definition) is 2. The molecule has 0 bridgehead atoms. The molecule has 4 nitrogen and oxygen atoms in total. The topological polar surface area (TPSA) is 64.4 Å². The third-order valence-electron chi connectivity index (χ3n) is 2.60. The minimum Gasteiger partial charge on any atom is -0.491 e. The fraction of sp³-hybridized carbons (Fsp3) is 0.417. The van der Waals surface area contributed by atoms with Gasteiger partial charge in [-0.2, -0.15) is 0 Å². The number of carbonyl (C=O) groups is 1. The van der Waals surface area contributed by atoms with Crippen LogP contribution in [-0.4, -0.2) is 18.6 Å². The predicted molar refractivity (Wildman–Crippen MR) is 73.3 cm³/mol. The average molecular weight is 291 g/mol. The van der Waals surface area contributed by atoms with Gasteiger partial charge in [-0.05, 0) is 25.1 Å². The summed E-state index contributed by atoms with van der Waals surface area (Å²) in [7, 11) is 0. The Morgan fingerprint density at radius 3 is 3.06 bits per heavy atom. The Morgan fingerprint density at radius 2 is 2.39 bits per heavy atom. The lowest BCUT2D eigenvalue weighted by atomic mass is 10.1. The first-order chi connectivity index (χ1) is 8.06. The van der Waals surface area contributed by atoms with Crippen LogP contribution in [0.1, 0.15) is 24.9 Å². The van der Waals surface area contributed by atoms with Gasteiger partial charge in [0.1, 0.15) is 12.4 Å². The Hall–Kier alpha value is -0.970. The van der Waals surface area contributed by atoms with Gasteiger partial charge in [0.2, 0.25) is 5.91 Å². The molecule has 0 fully saturated rings. The molecule has 1 aromatic carbocycles. The zero-order valence-electron chi connectivity index (χ0n) is 9.98. The van der Waals surface area contributed by atoms with Gasteiger partial charge in [0, 0.05) is 23.0 Å². The van der Waals surface area contributed by atoms with E-state index in [4.69, 9.17) is 22.1 Å². The van der Waals surface area contributed by atoms with Crippen molar-refractivity contribution < 1.29 is 9.53 Å². The number of carbonyl (C=O) groups excluding carboxylic acids is 1. The van der Waals surface area contributed by atoms with Gasteiger partial charge in [-0.3, -0.25) is 4.79 Å². The van der Waals surface area contributed by atoms with Crippen LogP contribution in [0, 0.1) is 0 Å². The third kappa shape index (κ3) is 3.51. The standard InChI is InChI=1S/C12H15ClN2O2.ClH/c1-7(14)4-12(16)15-10-6-17-11-3-2-8(13)5-9(10)11;/h2-3,5,7,10H,4,6,14H2,1H3,(H,15,16);1H. The molecule has 1 aliphatic rings. The van der Waals surface area contributed by atoms with Gasteiger partial charge in [0.15, 0.2) is 0 Å². The predicted octanol–water partition coefficient (Wildman–Crippen LogP) is 2.05. The summed E-state index contributed by atoms with van der Waals surface area (Å²) in [6.45, 7) is 2.25. The number of hydrogen-bond acceptors (Lipinski definition) is 3. The molecule has 2 atom stereocenters. The number of benzene rings is 1. The molecular formula is C12H16Cl2N2O2. The van der Waals surface area contributed by atoms with Crippen molar-refractivity contribution in [3.05, 3.63) is 28.8 Å². The van der Waals surface area contributed by atoms with Crippen LogP contribution in [0.25, 0.3) is 0 Å². The van der Waals surface area contributed by atoms with Crippen LogP contribution in [-0.2, 0) is 4.79 Å². The van der Waals surface area contributed by atoms with Crippen LogP contribution in [0.5, 0.6) is 5.75 Å². The van der Waals surface area contributed by atoms with Crippen molar-refractivity contribution in [1.82, 2.24) is 5.32 Å². The Bertz CT molecular complexity index is 438. The molecule has 0 radical (unpaired) electrons. The maximum atomic E-state index is 11.6. The molecule has 0 aromatic heterocycles. The molecule has 3 N–H and O–H groups in total. The maximum Gasteiger partial charge on any atom is 0.222 e. The minimum atomic E-state index is -0.142. The number of ether oxygens (including phenoxy) is 1. The van der Waals surface area contributed by atoms with E-state index >= 15 is 0 Å². The lowest BCUT2D eigenvalue weighted by Crippen LogP contribution is -2.33. The van der Waals surface area contributed by atoms with Gasteiger partial charge in [-0.15, -0.1) is 12.4 Å². The van der Waals surface area contributed by atoms with Gasteiger partial charge < -0.3 is 15.8 Å². The second-order valence-electron chi connectivity index (χ2n) is 4.29. The first kappa shape index (κ1) is 15.1. The van der Waals surface area contributed by atoms with E-state index in [1.807, 2.05) is 12.1 Å². The van der Waals surface area contributed by atoms with Crippen LogP contribution >= 0.6 is 24.0 Å². The van der Waals surface area contributed by atoms with Crippen molar-refractivity contribution in [1.29, 1.82) is 0 Å². The van der Waals surface area contributed by atoms with Crippen molar-refractivity contribution in [3.8, 4) is 5.75 Å². The van der Waals surface area contributed by atoms with Gasteiger partial charge in [0.05, 0.1) is 6.04 Å².